The molecule has 0 spiro atoms. The summed E-state index contributed by atoms with van der Waals surface area (Å²) in [5.74, 6) is 1.11. The Bertz CT molecular complexity index is 1810. The maximum Gasteiger partial charge on any atom is 0.263 e. The van der Waals surface area contributed by atoms with Gasteiger partial charge >= 0.3 is 0 Å². The first-order valence-corrected chi connectivity index (χ1v) is 14.1. The third-order valence-electron chi connectivity index (χ3n) is 7.88. The monoisotopic (exact) mass is 557 g/mol. The summed E-state index contributed by atoms with van der Waals surface area (Å²) < 4.78 is 7.69. The van der Waals surface area contributed by atoms with Crippen LogP contribution in [0.15, 0.2) is 114 Å². The second-order valence-corrected chi connectivity index (χ2v) is 10.6. The highest BCUT2D eigenvalue weighted by molar-refractivity contribution is 6.04. The molecule has 1 aliphatic heterocycles. The van der Waals surface area contributed by atoms with Crippen LogP contribution >= 0.6 is 0 Å². The lowest BCUT2D eigenvalue weighted by Gasteiger charge is -2.32. The van der Waals surface area contributed by atoms with Crippen molar-refractivity contribution < 1.29 is 14.3 Å². The van der Waals surface area contributed by atoms with Gasteiger partial charge in [-0.25, -0.2) is 0 Å². The van der Waals surface area contributed by atoms with Gasteiger partial charge in [0.2, 0.25) is 0 Å². The lowest BCUT2D eigenvalue weighted by Crippen LogP contribution is -2.38. The maximum absolute atomic E-state index is 13.6. The number of ether oxygens (including phenoxy) is 1. The Hall–Kier alpha value is -5.17. The van der Waals surface area contributed by atoms with Crippen LogP contribution < -0.4 is 15.6 Å². The topological polar surface area (TPSA) is 80.6 Å². The summed E-state index contributed by atoms with van der Waals surface area (Å²) in [6.07, 6.45) is 3.29. The first-order chi connectivity index (χ1) is 20.5. The van der Waals surface area contributed by atoms with E-state index in [0.29, 0.717) is 36.0 Å². The largest absolute Gasteiger partial charge is 0.456 e. The summed E-state index contributed by atoms with van der Waals surface area (Å²) in [6, 6.07) is 32.3. The molecule has 1 N–H and O–H groups in total. The van der Waals surface area contributed by atoms with Crippen molar-refractivity contribution in [2.45, 2.75) is 18.8 Å². The number of amides is 2. The van der Waals surface area contributed by atoms with Gasteiger partial charge in [0.15, 0.2) is 0 Å². The number of pyridine rings is 1. The number of hydrogen-bond acceptors (Lipinski definition) is 4. The highest BCUT2D eigenvalue weighted by atomic mass is 16.5. The van der Waals surface area contributed by atoms with Crippen molar-refractivity contribution in [1.29, 1.82) is 0 Å². The van der Waals surface area contributed by atoms with Crippen LogP contribution in [0.5, 0.6) is 11.5 Å². The molecule has 2 heterocycles. The summed E-state index contributed by atoms with van der Waals surface area (Å²) in [6.45, 7) is 1.28. The second kappa shape index (κ2) is 11.7. The molecule has 210 valence electrons. The van der Waals surface area contributed by atoms with E-state index in [9.17, 15) is 14.4 Å². The molecule has 2 amide bonds. The fourth-order valence-electron chi connectivity index (χ4n) is 5.53. The van der Waals surface area contributed by atoms with Crippen LogP contribution in [0.2, 0.25) is 0 Å². The zero-order valence-corrected chi connectivity index (χ0v) is 23.3. The number of piperidine rings is 1. The highest BCUT2D eigenvalue weighted by Crippen LogP contribution is 2.34. The predicted octanol–water partition coefficient (Wildman–Crippen LogP) is 6.60. The van der Waals surface area contributed by atoms with Gasteiger partial charge in [-0.15, -0.1) is 0 Å². The number of hydrogen-bond donors (Lipinski definition) is 1. The first-order valence-electron chi connectivity index (χ1n) is 14.1. The lowest BCUT2D eigenvalue weighted by molar-refractivity contribution is 0.0710. The van der Waals surface area contributed by atoms with Gasteiger partial charge in [0.1, 0.15) is 17.1 Å². The van der Waals surface area contributed by atoms with E-state index in [1.807, 2.05) is 95.9 Å². The molecule has 5 aromatic rings. The zero-order valence-electron chi connectivity index (χ0n) is 23.3. The number of rotatable bonds is 6. The Labute approximate surface area is 244 Å². The van der Waals surface area contributed by atoms with Crippen molar-refractivity contribution >= 4 is 28.3 Å². The minimum atomic E-state index is -0.430. The normalized spacial score (nSPS) is 13.6. The van der Waals surface area contributed by atoms with E-state index < -0.39 is 5.91 Å². The first kappa shape index (κ1) is 27.0. The van der Waals surface area contributed by atoms with Crippen LogP contribution in [0.25, 0.3) is 10.8 Å². The van der Waals surface area contributed by atoms with Crippen LogP contribution in [0.1, 0.15) is 45.0 Å². The van der Waals surface area contributed by atoms with E-state index >= 15 is 0 Å². The molecule has 4 aromatic carbocycles. The predicted molar refractivity (Wildman–Crippen MR) is 164 cm³/mol. The summed E-state index contributed by atoms with van der Waals surface area (Å²) in [5.41, 5.74) is 2.11. The number of anilines is 1. The van der Waals surface area contributed by atoms with Gasteiger partial charge in [0, 0.05) is 37.4 Å². The number of aromatic nitrogens is 1. The zero-order chi connectivity index (χ0) is 29.1. The van der Waals surface area contributed by atoms with Crippen molar-refractivity contribution in [3.63, 3.8) is 0 Å². The Morgan fingerprint density at radius 3 is 2.24 bits per heavy atom. The van der Waals surface area contributed by atoms with Gasteiger partial charge in [-0.1, -0.05) is 60.7 Å². The number of carbonyl (C=O) groups is 2. The van der Waals surface area contributed by atoms with Crippen LogP contribution in [-0.2, 0) is 7.05 Å². The van der Waals surface area contributed by atoms with Crippen molar-refractivity contribution in [2.75, 3.05) is 18.4 Å². The molecule has 42 heavy (non-hydrogen) atoms. The van der Waals surface area contributed by atoms with Crippen LogP contribution in [0.3, 0.4) is 0 Å². The van der Waals surface area contributed by atoms with E-state index in [1.54, 1.807) is 19.3 Å². The van der Waals surface area contributed by atoms with Gasteiger partial charge in [-0.2, -0.15) is 0 Å². The molecule has 0 saturated carbocycles. The van der Waals surface area contributed by atoms with Crippen LogP contribution in [-0.4, -0.2) is 34.4 Å². The summed E-state index contributed by atoms with van der Waals surface area (Å²) in [7, 11) is 1.62. The van der Waals surface area contributed by atoms with Crippen LogP contribution in [0.4, 0.5) is 5.69 Å². The SMILES string of the molecule is Cn1cccc(C(=O)Nc2ccc(C3CCN(C(=O)c4ccccc4Oc4cccc5ccccc45)CC3)cc2)c1=O. The third-order valence-corrected chi connectivity index (χ3v) is 7.88. The van der Waals surface area contributed by atoms with Crippen molar-refractivity contribution in [1.82, 2.24) is 9.47 Å². The molecule has 6 rings (SSSR count). The Morgan fingerprint density at radius 2 is 1.43 bits per heavy atom. The van der Waals surface area contributed by atoms with E-state index in [0.717, 1.165) is 34.9 Å². The van der Waals surface area contributed by atoms with Crippen molar-refractivity contribution in [3.8, 4) is 11.5 Å². The molecule has 0 unspecified atom stereocenters. The second-order valence-electron chi connectivity index (χ2n) is 10.6. The minimum Gasteiger partial charge on any atom is -0.456 e. The fourth-order valence-corrected chi connectivity index (χ4v) is 5.53. The quantitative estimate of drug-likeness (QED) is 0.255. The average molecular weight is 558 g/mol. The molecule has 7 nitrogen and oxygen atoms in total. The van der Waals surface area contributed by atoms with Gasteiger partial charge in [0.25, 0.3) is 17.4 Å². The third kappa shape index (κ3) is 5.54. The van der Waals surface area contributed by atoms with E-state index in [4.69, 9.17) is 4.74 Å². The number of carbonyl (C=O) groups excluding carboxylic acids is 2. The number of nitrogens with zero attached hydrogens (tertiary/aromatic N) is 2. The molecule has 1 aliphatic rings. The molecule has 1 aromatic heterocycles. The number of para-hydroxylation sites is 1. The maximum atomic E-state index is 13.6. The number of nitrogens with one attached hydrogen (secondary N) is 1. The lowest BCUT2D eigenvalue weighted by atomic mass is 9.89. The molecule has 7 heteroatoms. The highest BCUT2D eigenvalue weighted by Gasteiger charge is 2.26. The standard InChI is InChI=1S/C35H31N3O4/c1-37-21-7-12-30(34(37)40)33(39)36-27-17-15-24(16-18-27)25-19-22-38(23-20-25)35(41)29-11-4-5-13-32(29)42-31-14-6-9-26-8-2-3-10-28(26)31/h2-18,21,25H,19-20,22-23H2,1H3,(H,36,39). The van der Waals surface area contributed by atoms with Crippen LogP contribution in [0, 0.1) is 0 Å². The van der Waals surface area contributed by atoms with E-state index in [2.05, 4.69) is 5.32 Å². The van der Waals surface area contributed by atoms with E-state index in [-0.39, 0.29) is 17.0 Å². The Kier molecular flexibility index (Phi) is 7.56. The number of fused-ring (bicyclic) bond motifs is 1. The molecule has 1 saturated heterocycles. The fraction of sp³-hybridized carbons (Fsp3) is 0.171. The van der Waals surface area contributed by atoms with Gasteiger partial charge < -0.3 is 19.5 Å². The molecule has 1 fully saturated rings. The summed E-state index contributed by atoms with van der Waals surface area (Å²) in [5, 5.41) is 4.89. The summed E-state index contributed by atoms with van der Waals surface area (Å²) >= 11 is 0. The van der Waals surface area contributed by atoms with Gasteiger partial charge in [-0.05, 0) is 72.2 Å². The molecule has 0 radical (unpaired) electrons. The van der Waals surface area contributed by atoms with E-state index in [1.165, 1.54) is 10.6 Å². The molecular formula is C35H31N3O4. The molecule has 0 aliphatic carbocycles. The number of aryl methyl sites for hydroxylation is 1. The van der Waals surface area contributed by atoms with Crippen molar-refractivity contribution in [2.24, 2.45) is 7.05 Å². The van der Waals surface area contributed by atoms with Crippen molar-refractivity contribution in [3.05, 3.63) is 136 Å². The smallest absolute Gasteiger partial charge is 0.263 e. The Morgan fingerprint density at radius 1 is 0.762 bits per heavy atom. The van der Waals surface area contributed by atoms with Gasteiger partial charge in [0.05, 0.1) is 5.56 Å². The minimum absolute atomic E-state index is 0.0330. The number of benzene rings is 4. The average Bonchev–Trinajstić information content (AvgIpc) is 3.03. The van der Waals surface area contributed by atoms with Gasteiger partial charge in [-0.3, -0.25) is 14.4 Å². The Balaban J connectivity index is 1.10. The number of likely N-dealkylation sites (tertiary alicyclic amines) is 1. The summed E-state index contributed by atoms with van der Waals surface area (Å²) in [4.78, 5) is 40.4. The molecule has 0 atom stereocenters. The molecule has 0 bridgehead atoms. The molecular weight excluding hydrogens is 526 g/mol.